The number of halogens is 5. The van der Waals surface area contributed by atoms with E-state index in [1.165, 1.54) is 24.3 Å². The smallest absolute Gasteiger partial charge is 0.416 e. The molecule has 0 fully saturated rings. The SMILES string of the molecule is CC(C)C[C@@H](C(=O)O)c1cc(NCc2cc(F)cc(F)c2)cc(-c2ccc(C(F)(F)F)cc2)c1. The number of hydrogen-bond donors (Lipinski definition) is 2. The summed E-state index contributed by atoms with van der Waals surface area (Å²) in [5.74, 6) is -3.21. The van der Waals surface area contributed by atoms with Crippen molar-refractivity contribution >= 4 is 11.7 Å². The second-order valence-electron chi connectivity index (χ2n) is 8.57. The zero-order valence-electron chi connectivity index (χ0n) is 18.6. The number of carbonyl (C=O) groups is 1. The summed E-state index contributed by atoms with van der Waals surface area (Å²) in [5, 5.41) is 12.8. The van der Waals surface area contributed by atoms with Crippen LogP contribution in [0, 0.1) is 17.6 Å². The molecular formula is C26H24F5NO2. The van der Waals surface area contributed by atoms with Gasteiger partial charge < -0.3 is 10.4 Å². The molecule has 1 atom stereocenters. The van der Waals surface area contributed by atoms with Crippen LogP contribution >= 0.6 is 0 Å². The Labute approximate surface area is 194 Å². The molecule has 3 rings (SSSR count). The lowest BCUT2D eigenvalue weighted by molar-refractivity contribution is -0.139. The highest BCUT2D eigenvalue weighted by atomic mass is 19.4. The number of anilines is 1. The fourth-order valence-electron chi connectivity index (χ4n) is 3.74. The molecule has 3 nitrogen and oxygen atoms in total. The average Bonchev–Trinajstić information content (AvgIpc) is 2.74. The third kappa shape index (κ3) is 6.56. The van der Waals surface area contributed by atoms with Gasteiger partial charge in [0.25, 0.3) is 0 Å². The van der Waals surface area contributed by atoms with Gasteiger partial charge in [-0.2, -0.15) is 13.2 Å². The number of nitrogens with one attached hydrogen (secondary N) is 1. The predicted octanol–water partition coefficient (Wildman–Crippen LogP) is 7.48. The molecule has 0 aliphatic carbocycles. The van der Waals surface area contributed by atoms with Gasteiger partial charge in [0.05, 0.1) is 11.5 Å². The number of carboxylic acids is 1. The van der Waals surface area contributed by atoms with E-state index in [9.17, 15) is 31.9 Å². The van der Waals surface area contributed by atoms with Crippen LogP contribution in [0.4, 0.5) is 27.6 Å². The van der Waals surface area contributed by atoms with E-state index in [0.717, 1.165) is 18.2 Å². The monoisotopic (exact) mass is 477 g/mol. The van der Waals surface area contributed by atoms with Crippen LogP contribution in [0.2, 0.25) is 0 Å². The van der Waals surface area contributed by atoms with Crippen LogP contribution < -0.4 is 5.32 Å². The van der Waals surface area contributed by atoms with Crippen molar-refractivity contribution in [2.45, 2.75) is 38.9 Å². The highest BCUT2D eigenvalue weighted by Crippen LogP contribution is 2.34. The van der Waals surface area contributed by atoms with Gasteiger partial charge in [0.2, 0.25) is 0 Å². The summed E-state index contributed by atoms with van der Waals surface area (Å²) in [7, 11) is 0. The number of hydrogen-bond acceptors (Lipinski definition) is 2. The van der Waals surface area contributed by atoms with Crippen molar-refractivity contribution in [1.29, 1.82) is 0 Å². The largest absolute Gasteiger partial charge is 0.481 e. The van der Waals surface area contributed by atoms with Crippen molar-refractivity contribution in [3.8, 4) is 11.1 Å². The Morgan fingerprint density at radius 3 is 2.06 bits per heavy atom. The second-order valence-corrected chi connectivity index (χ2v) is 8.57. The Kier molecular flexibility index (Phi) is 7.59. The van der Waals surface area contributed by atoms with E-state index in [4.69, 9.17) is 0 Å². The first-order valence-corrected chi connectivity index (χ1v) is 10.7. The Balaban J connectivity index is 2.01. The van der Waals surface area contributed by atoms with E-state index in [0.29, 0.717) is 34.4 Å². The number of aliphatic carboxylic acids is 1. The quantitative estimate of drug-likeness (QED) is 0.331. The van der Waals surface area contributed by atoms with E-state index in [1.807, 2.05) is 13.8 Å². The van der Waals surface area contributed by atoms with Gasteiger partial charge in [0.1, 0.15) is 11.6 Å². The number of rotatable bonds is 8. The minimum absolute atomic E-state index is 0.0620. The zero-order chi connectivity index (χ0) is 25.0. The third-order valence-electron chi connectivity index (χ3n) is 5.33. The van der Waals surface area contributed by atoms with E-state index < -0.39 is 35.3 Å². The van der Waals surface area contributed by atoms with Crippen LogP contribution in [-0.2, 0) is 17.5 Å². The van der Waals surface area contributed by atoms with E-state index in [1.54, 1.807) is 18.2 Å². The summed E-state index contributed by atoms with van der Waals surface area (Å²) < 4.78 is 65.9. The molecule has 0 bridgehead atoms. The van der Waals surface area contributed by atoms with Gasteiger partial charge in [-0.3, -0.25) is 4.79 Å². The normalized spacial score (nSPS) is 12.6. The van der Waals surface area contributed by atoms with Crippen molar-refractivity contribution < 1.29 is 31.9 Å². The lowest BCUT2D eigenvalue weighted by atomic mass is 9.88. The molecule has 0 unspecified atom stereocenters. The molecule has 3 aromatic carbocycles. The Morgan fingerprint density at radius 2 is 1.53 bits per heavy atom. The van der Waals surface area contributed by atoms with Crippen molar-refractivity contribution in [2.24, 2.45) is 5.92 Å². The van der Waals surface area contributed by atoms with Gasteiger partial charge in [0.15, 0.2) is 0 Å². The van der Waals surface area contributed by atoms with Gasteiger partial charge in [-0.1, -0.05) is 32.0 Å². The molecule has 0 amide bonds. The molecule has 180 valence electrons. The molecule has 2 N–H and O–H groups in total. The molecule has 3 aromatic rings. The highest BCUT2D eigenvalue weighted by molar-refractivity contribution is 5.79. The van der Waals surface area contributed by atoms with Crippen molar-refractivity contribution in [1.82, 2.24) is 0 Å². The van der Waals surface area contributed by atoms with E-state index in [-0.39, 0.29) is 12.5 Å². The first-order chi connectivity index (χ1) is 15.9. The lowest BCUT2D eigenvalue weighted by Crippen LogP contribution is -2.14. The second kappa shape index (κ2) is 10.2. The molecular weight excluding hydrogens is 453 g/mol. The maximum Gasteiger partial charge on any atom is 0.416 e. The lowest BCUT2D eigenvalue weighted by Gasteiger charge is -2.19. The molecule has 0 saturated carbocycles. The first kappa shape index (κ1) is 25.2. The van der Waals surface area contributed by atoms with Gasteiger partial charge in [-0.15, -0.1) is 0 Å². The highest BCUT2D eigenvalue weighted by Gasteiger charge is 2.30. The van der Waals surface area contributed by atoms with Crippen LogP contribution in [0.15, 0.2) is 60.7 Å². The molecule has 0 spiro atoms. The zero-order valence-corrected chi connectivity index (χ0v) is 18.6. The molecule has 0 radical (unpaired) electrons. The molecule has 0 aromatic heterocycles. The molecule has 0 aliphatic rings. The number of alkyl halides is 3. The minimum atomic E-state index is -4.47. The van der Waals surface area contributed by atoms with Crippen molar-refractivity contribution in [3.05, 3.63) is 89.0 Å². The maximum absolute atomic E-state index is 13.5. The molecule has 0 heterocycles. The average molecular weight is 477 g/mol. The van der Waals surface area contributed by atoms with Crippen LogP contribution in [0.3, 0.4) is 0 Å². The Hall–Kier alpha value is -3.42. The Bertz CT molecular complexity index is 1140. The van der Waals surface area contributed by atoms with Crippen LogP contribution in [0.25, 0.3) is 11.1 Å². The maximum atomic E-state index is 13.5. The number of carboxylic acid groups (broad SMARTS) is 1. The molecule has 0 saturated heterocycles. The van der Waals surface area contributed by atoms with E-state index >= 15 is 0 Å². The Morgan fingerprint density at radius 1 is 0.912 bits per heavy atom. The summed E-state index contributed by atoms with van der Waals surface area (Å²) in [6, 6.07) is 12.6. The fraction of sp³-hybridized carbons (Fsp3) is 0.269. The molecule has 8 heteroatoms. The van der Waals surface area contributed by atoms with Crippen molar-refractivity contribution in [3.63, 3.8) is 0 Å². The first-order valence-electron chi connectivity index (χ1n) is 10.7. The van der Waals surface area contributed by atoms with E-state index in [2.05, 4.69) is 5.32 Å². The summed E-state index contributed by atoms with van der Waals surface area (Å²) >= 11 is 0. The van der Waals surface area contributed by atoms with Crippen LogP contribution in [0.1, 0.15) is 42.9 Å². The predicted molar refractivity (Wildman–Crippen MR) is 120 cm³/mol. The van der Waals surface area contributed by atoms with Crippen LogP contribution in [0.5, 0.6) is 0 Å². The van der Waals surface area contributed by atoms with Gasteiger partial charge in [-0.25, -0.2) is 8.78 Å². The fourth-order valence-corrected chi connectivity index (χ4v) is 3.74. The molecule has 34 heavy (non-hydrogen) atoms. The topological polar surface area (TPSA) is 49.3 Å². The summed E-state index contributed by atoms with van der Waals surface area (Å²) in [4.78, 5) is 12.0. The standard InChI is InChI=1S/C26H24F5NO2/c1-15(2)7-24(25(33)34)19-10-18(17-3-5-20(6-4-17)26(29,30)31)11-23(12-19)32-14-16-8-21(27)13-22(28)9-16/h3-6,8-13,15,24,32H,7,14H2,1-2H3,(H,33,34)/t24-/m1/s1. The third-order valence-corrected chi connectivity index (χ3v) is 5.33. The summed E-state index contributed by atoms with van der Waals surface area (Å²) in [6.07, 6.45) is -4.11. The number of benzene rings is 3. The summed E-state index contributed by atoms with van der Waals surface area (Å²) in [6.45, 7) is 3.85. The summed E-state index contributed by atoms with van der Waals surface area (Å²) in [5.41, 5.74) is 1.51. The van der Waals surface area contributed by atoms with Crippen LogP contribution in [-0.4, -0.2) is 11.1 Å². The van der Waals surface area contributed by atoms with Gasteiger partial charge in [-0.05, 0) is 71.0 Å². The minimum Gasteiger partial charge on any atom is -0.481 e. The van der Waals surface area contributed by atoms with Gasteiger partial charge in [0, 0.05) is 18.3 Å². The van der Waals surface area contributed by atoms with Gasteiger partial charge >= 0.3 is 12.1 Å². The molecule has 0 aliphatic heterocycles. The van der Waals surface area contributed by atoms with Crippen molar-refractivity contribution in [2.75, 3.05) is 5.32 Å².